The molecule has 0 aliphatic heterocycles. The number of benzene rings is 2. The van der Waals surface area contributed by atoms with Gasteiger partial charge in [0.25, 0.3) is 0 Å². The molecule has 0 atom stereocenters. The summed E-state index contributed by atoms with van der Waals surface area (Å²) in [6, 6.07) is 13.4. The van der Waals surface area contributed by atoms with Gasteiger partial charge in [0, 0.05) is 11.4 Å². The molecule has 1 aliphatic rings. The van der Waals surface area contributed by atoms with Crippen LogP contribution >= 0.6 is 0 Å². The highest BCUT2D eigenvalue weighted by Crippen LogP contribution is 2.43. The summed E-state index contributed by atoms with van der Waals surface area (Å²) >= 11 is 0. The molecule has 2 aromatic rings. The van der Waals surface area contributed by atoms with Crippen LogP contribution < -0.4 is 5.32 Å². The van der Waals surface area contributed by atoms with Crippen LogP contribution in [0.15, 0.2) is 42.5 Å². The zero-order valence-electron chi connectivity index (χ0n) is 15.8. The third-order valence-electron chi connectivity index (χ3n) is 5.19. The minimum absolute atomic E-state index is 0.186. The highest BCUT2D eigenvalue weighted by Gasteiger charge is 2.29. The number of aryl methyl sites for hydroxylation is 2. The van der Waals surface area contributed by atoms with Gasteiger partial charge in [-0.05, 0) is 78.1 Å². The van der Waals surface area contributed by atoms with Crippen LogP contribution in [0.25, 0.3) is 5.57 Å². The van der Waals surface area contributed by atoms with Crippen LogP contribution in [0.1, 0.15) is 56.4 Å². The predicted molar refractivity (Wildman–Crippen MR) is 106 cm³/mol. The van der Waals surface area contributed by atoms with E-state index in [1.54, 1.807) is 0 Å². The molecule has 3 rings (SSSR count). The largest absolute Gasteiger partial charge is 0.355 e. The van der Waals surface area contributed by atoms with Crippen LogP contribution in [0.3, 0.4) is 0 Å². The normalized spacial score (nSPS) is 15.9. The molecule has 1 heteroatoms. The molecule has 0 amide bonds. The molecule has 126 valence electrons. The summed E-state index contributed by atoms with van der Waals surface area (Å²) in [6.07, 6.45) is 3.56. The van der Waals surface area contributed by atoms with Crippen LogP contribution in [0.2, 0.25) is 0 Å². The van der Waals surface area contributed by atoms with Crippen molar-refractivity contribution in [2.24, 2.45) is 5.92 Å². The molecule has 1 aliphatic carbocycles. The first-order chi connectivity index (χ1) is 11.3. The molecule has 0 saturated heterocycles. The van der Waals surface area contributed by atoms with E-state index in [2.05, 4.69) is 89.3 Å². The Labute approximate surface area is 146 Å². The first-order valence-electron chi connectivity index (χ1n) is 8.97. The second kappa shape index (κ2) is 6.12. The van der Waals surface area contributed by atoms with E-state index >= 15 is 0 Å². The Bertz CT molecular complexity index is 776. The Morgan fingerprint density at radius 2 is 1.67 bits per heavy atom. The molecule has 0 saturated carbocycles. The van der Waals surface area contributed by atoms with E-state index in [-0.39, 0.29) is 5.41 Å². The smallest absolute Gasteiger partial charge is 0.0417 e. The Kier molecular flexibility index (Phi) is 4.29. The number of rotatable bonds is 3. The van der Waals surface area contributed by atoms with Gasteiger partial charge in [-0.25, -0.2) is 0 Å². The first kappa shape index (κ1) is 16.8. The van der Waals surface area contributed by atoms with Crippen LogP contribution in [0.5, 0.6) is 0 Å². The van der Waals surface area contributed by atoms with Crippen LogP contribution in [-0.2, 0) is 5.41 Å². The number of hydrogen-bond donors (Lipinski definition) is 1. The van der Waals surface area contributed by atoms with Gasteiger partial charge in [-0.2, -0.15) is 0 Å². The summed E-state index contributed by atoms with van der Waals surface area (Å²) < 4.78 is 0. The van der Waals surface area contributed by atoms with Gasteiger partial charge in [-0.3, -0.25) is 0 Å². The van der Waals surface area contributed by atoms with Crippen molar-refractivity contribution >= 4 is 16.9 Å². The molecule has 0 spiro atoms. The van der Waals surface area contributed by atoms with Crippen LogP contribution in [-0.4, -0.2) is 0 Å². The minimum Gasteiger partial charge on any atom is -0.355 e. The van der Waals surface area contributed by atoms with Crippen molar-refractivity contribution in [2.75, 3.05) is 5.32 Å². The molecule has 1 nitrogen and oxygen atoms in total. The van der Waals surface area contributed by atoms with Crippen LogP contribution in [0, 0.1) is 19.8 Å². The lowest BCUT2D eigenvalue weighted by Gasteiger charge is -2.34. The summed E-state index contributed by atoms with van der Waals surface area (Å²) in [5, 5.41) is 3.61. The third kappa shape index (κ3) is 3.13. The van der Waals surface area contributed by atoms with E-state index in [1.807, 2.05) is 0 Å². The predicted octanol–water partition coefficient (Wildman–Crippen LogP) is 6.77. The summed E-state index contributed by atoms with van der Waals surface area (Å²) in [5.74, 6) is 0.565. The molecule has 0 bridgehead atoms. The van der Waals surface area contributed by atoms with Gasteiger partial charge in [0.15, 0.2) is 0 Å². The number of allylic oxidation sites excluding steroid dienone is 2. The zero-order valence-corrected chi connectivity index (χ0v) is 15.8. The maximum atomic E-state index is 3.61. The highest BCUT2D eigenvalue weighted by atomic mass is 14.9. The average molecular weight is 319 g/mol. The monoisotopic (exact) mass is 319 g/mol. The topological polar surface area (TPSA) is 12.0 Å². The Morgan fingerprint density at radius 3 is 2.29 bits per heavy atom. The highest BCUT2D eigenvalue weighted by molar-refractivity contribution is 5.77. The summed E-state index contributed by atoms with van der Waals surface area (Å²) in [7, 11) is 0. The fraction of sp³-hybridized carbons (Fsp3) is 0.391. The molecule has 0 unspecified atom stereocenters. The molecule has 0 fully saturated rings. The van der Waals surface area contributed by atoms with Gasteiger partial charge < -0.3 is 5.32 Å². The van der Waals surface area contributed by atoms with Crippen LogP contribution in [0.4, 0.5) is 11.4 Å². The molecule has 24 heavy (non-hydrogen) atoms. The van der Waals surface area contributed by atoms with Crippen molar-refractivity contribution in [3.05, 3.63) is 64.7 Å². The molecule has 0 radical (unpaired) electrons. The SMILES string of the molecule is Cc1ccc(Nc2cc3c(cc2C)C(C(C)C)=CCC3(C)C)cc1. The van der Waals surface area contributed by atoms with Crippen molar-refractivity contribution < 1.29 is 0 Å². The third-order valence-corrected chi connectivity index (χ3v) is 5.19. The average Bonchev–Trinajstić information content (AvgIpc) is 2.50. The van der Waals surface area contributed by atoms with Crippen molar-refractivity contribution in [3.63, 3.8) is 0 Å². The van der Waals surface area contributed by atoms with Gasteiger partial charge >= 0.3 is 0 Å². The summed E-state index contributed by atoms with van der Waals surface area (Å²) in [5.41, 5.74) is 9.55. The standard InChI is InChI=1S/C23H29N/c1-15(2)19-11-12-23(5,6)21-14-22(17(4)13-20(19)21)24-18-9-7-16(3)8-10-18/h7-11,13-15,24H,12H2,1-6H3. The lowest BCUT2D eigenvalue weighted by Crippen LogP contribution is -2.23. The maximum absolute atomic E-state index is 3.61. The van der Waals surface area contributed by atoms with Crippen molar-refractivity contribution in [3.8, 4) is 0 Å². The van der Waals surface area contributed by atoms with E-state index in [0.29, 0.717) is 5.92 Å². The minimum atomic E-state index is 0.186. The number of hydrogen-bond acceptors (Lipinski definition) is 1. The molecular weight excluding hydrogens is 290 g/mol. The van der Waals surface area contributed by atoms with Crippen molar-refractivity contribution in [1.82, 2.24) is 0 Å². The van der Waals surface area contributed by atoms with Gasteiger partial charge in [0.05, 0.1) is 0 Å². The van der Waals surface area contributed by atoms with E-state index in [4.69, 9.17) is 0 Å². The summed E-state index contributed by atoms with van der Waals surface area (Å²) in [4.78, 5) is 0. The van der Waals surface area contributed by atoms with Gasteiger partial charge in [0.2, 0.25) is 0 Å². The van der Waals surface area contributed by atoms with Crippen molar-refractivity contribution in [2.45, 2.75) is 53.4 Å². The molecular formula is C23H29N. The van der Waals surface area contributed by atoms with Gasteiger partial charge in [0.1, 0.15) is 0 Å². The fourth-order valence-electron chi connectivity index (χ4n) is 3.57. The molecule has 1 N–H and O–H groups in total. The van der Waals surface area contributed by atoms with Gasteiger partial charge in [-0.15, -0.1) is 0 Å². The quantitative estimate of drug-likeness (QED) is 0.658. The molecule has 2 aromatic carbocycles. The Morgan fingerprint density at radius 1 is 1.00 bits per heavy atom. The second-order valence-corrected chi connectivity index (χ2v) is 8.11. The lowest BCUT2D eigenvalue weighted by molar-refractivity contribution is 0.523. The molecule has 0 heterocycles. The zero-order chi connectivity index (χ0) is 17.5. The van der Waals surface area contributed by atoms with Crippen molar-refractivity contribution in [1.29, 1.82) is 0 Å². The van der Waals surface area contributed by atoms with Gasteiger partial charge in [-0.1, -0.05) is 51.5 Å². The Balaban J connectivity index is 2.05. The van der Waals surface area contributed by atoms with E-state index in [0.717, 1.165) is 12.1 Å². The lowest BCUT2D eigenvalue weighted by atomic mass is 9.71. The fourth-order valence-corrected chi connectivity index (χ4v) is 3.57. The number of nitrogens with one attached hydrogen (secondary N) is 1. The van der Waals surface area contributed by atoms with E-state index < -0.39 is 0 Å². The number of anilines is 2. The first-order valence-corrected chi connectivity index (χ1v) is 8.97. The maximum Gasteiger partial charge on any atom is 0.0417 e. The second-order valence-electron chi connectivity index (χ2n) is 8.11. The van der Waals surface area contributed by atoms with E-state index in [1.165, 1.54) is 33.5 Å². The Hall–Kier alpha value is -2.02. The van der Waals surface area contributed by atoms with E-state index in [9.17, 15) is 0 Å². The summed E-state index contributed by atoms with van der Waals surface area (Å²) in [6.45, 7) is 13.6. The molecule has 0 aromatic heterocycles. The number of fused-ring (bicyclic) bond motifs is 1.